The van der Waals surface area contributed by atoms with Gasteiger partial charge in [-0.1, -0.05) is 91.0 Å². The van der Waals surface area contributed by atoms with Crippen LogP contribution in [0.25, 0.3) is 21.7 Å². The van der Waals surface area contributed by atoms with Gasteiger partial charge in [0.1, 0.15) is 18.7 Å². The van der Waals surface area contributed by atoms with Crippen molar-refractivity contribution in [2.45, 2.75) is 38.1 Å². The fourth-order valence-corrected chi connectivity index (χ4v) is 7.60. The Morgan fingerprint density at radius 2 is 1.68 bits per heavy atom. The molecule has 0 spiro atoms. The summed E-state index contributed by atoms with van der Waals surface area (Å²) in [6, 6.07) is 37.5. The summed E-state index contributed by atoms with van der Waals surface area (Å²) < 4.78 is 8.18. The van der Waals surface area contributed by atoms with E-state index < -0.39 is 0 Å². The van der Waals surface area contributed by atoms with Crippen molar-refractivity contribution in [1.29, 1.82) is 0 Å². The van der Waals surface area contributed by atoms with E-state index in [9.17, 15) is 0 Å². The minimum absolute atomic E-state index is 0.0309. The van der Waals surface area contributed by atoms with Gasteiger partial charge < -0.3 is 9.22 Å². The molecule has 0 radical (unpaired) electrons. The standard InChI is InChI=1S/C37H37N2O/c1-2-29-25-39(24-27-10-4-3-5-11-27)21-19-32(29)23-36(39)37(34-18-20-38-35-15-9-8-14-33(34)35)40-26-28-16-17-30-12-6-7-13-31(30)22-28/h2-18,20,22,29,32,36-37H,1,19,21,23-26H2/q+1/t29-,32-,36+,37-,39?/m0/s1. The first-order valence-electron chi connectivity index (χ1n) is 14.7. The number of hydrogen-bond donors (Lipinski definition) is 0. The molecule has 3 fully saturated rings. The van der Waals surface area contributed by atoms with Crippen LogP contribution in [0.4, 0.5) is 0 Å². The Balaban J connectivity index is 1.31. The molecule has 8 rings (SSSR count). The highest BCUT2D eigenvalue weighted by molar-refractivity contribution is 5.83. The van der Waals surface area contributed by atoms with Crippen LogP contribution < -0.4 is 0 Å². The minimum atomic E-state index is -0.0309. The summed E-state index contributed by atoms with van der Waals surface area (Å²) in [5.41, 5.74) is 4.93. The fraction of sp³-hybridized carbons (Fsp3) is 0.270. The van der Waals surface area contributed by atoms with E-state index in [0.717, 1.165) is 29.5 Å². The maximum atomic E-state index is 7.13. The van der Waals surface area contributed by atoms with Crippen molar-refractivity contribution >= 4 is 21.7 Å². The number of ether oxygens (including phenoxy) is 1. The number of pyridine rings is 1. The maximum absolute atomic E-state index is 7.13. The summed E-state index contributed by atoms with van der Waals surface area (Å²) in [6.45, 7) is 8.20. The van der Waals surface area contributed by atoms with Gasteiger partial charge in [-0.05, 0) is 46.0 Å². The van der Waals surface area contributed by atoms with Crippen LogP contribution in [0.3, 0.4) is 0 Å². The molecule has 3 saturated heterocycles. The van der Waals surface area contributed by atoms with Crippen molar-refractivity contribution in [3.63, 3.8) is 0 Å². The zero-order valence-corrected chi connectivity index (χ0v) is 23.0. The molecule has 40 heavy (non-hydrogen) atoms. The normalized spacial score (nSPS) is 24.8. The first-order valence-corrected chi connectivity index (χ1v) is 14.7. The van der Waals surface area contributed by atoms with Gasteiger partial charge in [0.15, 0.2) is 0 Å². The van der Waals surface area contributed by atoms with Crippen LogP contribution in [0.2, 0.25) is 0 Å². The number of aromatic nitrogens is 1. The highest BCUT2D eigenvalue weighted by Gasteiger charge is 2.54. The van der Waals surface area contributed by atoms with Gasteiger partial charge in [0.05, 0.1) is 25.2 Å². The van der Waals surface area contributed by atoms with Crippen LogP contribution in [-0.4, -0.2) is 28.6 Å². The summed E-state index contributed by atoms with van der Waals surface area (Å²) >= 11 is 0. The first kappa shape index (κ1) is 25.2. The second kappa shape index (κ2) is 10.6. The molecule has 200 valence electrons. The van der Waals surface area contributed by atoms with E-state index in [1.807, 2.05) is 6.20 Å². The second-order valence-electron chi connectivity index (χ2n) is 11.9. The molecule has 3 heteroatoms. The Morgan fingerprint density at radius 1 is 0.875 bits per heavy atom. The number of benzene rings is 4. The summed E-state index contributed by atoms with van der Waals surface area (Å²) in [5.74, 6) is 1.22. The molecule has 4 heterocycles. The number of rotatable bonds is 8. The molecule has 3 nitrogen and oxygen atoms in total. The maximum Gasteiger partial charge on any atom is 0.135 e. The van der Waals surface area contributed by atoms with E-state index in [1.165, 1.54) is 45.8 Å². The van der Waals surface area contributed by atoms with Crippen LogP contribution in [-0.2, 0) is 17.9 Å². The minimum Gasteiger partial charge on any atom is -0.363 e. The van der Waals surface area contributed by atoms with Crippen LogP contribution in [0.15, 0.2) is 122 Å². The van der Waals surface area contributed by atoms with Gasteiger partial charge in [0.2, 0.25) is 0 Å². The molecular weight excluding hydrogens is 488 g/mol. The van der Waals surface area contributed by atoms with Gasteiger partial charge in [-0.2, -0.15) is 0 Å². The summed E-state index contributed by atoms with van der Waals surface area (Å²) in [4.78, 5) is 4.71. The molecular formula is C37H37N2O+. The molecule has 4 aromatic carbocycles. The lowest BCUT2D eigenvalue weighted by molar-refractivity contribution is -0.985. The van der Waals surface area contributed by atoms with E-state index in [4.69, 9.17) is 9.72 Å². The molecule has 1 unspecified atom stereocenters. The lowest BCUT2D eigenvalue weighted by atomic mass is 9.71. The molecule has 3 aliphatic heterocycles. The fourth-order valence-electron chi connectivity index (χ4n) is 7.60. The van der Waals surface area contributed by atoms with Crippen LogP contribution in [0.1, 0.15) is 35.6 Å². The third-order valence-electron chi connectivity index (χ3n) is 9.60. The van der Waals surface area contributed by atoms with Crippen molar-refractivity contribution in [3.05, 3.63) is 139 Å². The number of para-hydroxylation sites is 1. The quantitative estimate of drug-likeness (QED) is 0.150. The van der Waals surface area contributed by atoms with Crippen LogP contribution >= 0.6 is 0 Å². The van der Waals surface area contributed by atoms with Crippen molar-refractivity contribution in [2.75, 3.05) is 13.1 Å². The summed E-state index contributed by atoms with van der Waals surface area (Å²) in [5, 5.41) is 3.73. The molecule has 0 saturated carbocycles. The van der Waals surface area contributed by atoms with Crippen LogP contribution in [0, 0.1) is 11.8 Å². The zero-order valence-electron chi connectivity index (χ0n) is 23.0. The zero-order chi connectivity index (χ0) is 26.9. The highest BCUT2D eigenvalue weighted by atomic mass is 16.5. The summed E-state index contributed by atoms with van der Waals surface area (Å²) in [6.07, 6.45) is 6.58. The predicted octanol–water partition coefficient (Wildman–Crippen LogP) is 8.26. The van der Waals surface area contributed by atoms with E-state index in [1.54, 1.807) is 0 Å². The van der Waals surface area contributed by atoms with E-state index in [0.29, 0.717) is 24.5 Å². The third-order valence-corrected chi connectivity index (χ3v) is 9.60. The number of fused-ring (bicyclic) bond motifs is 5. The lowest BCUT2D eigenvalue weighted by Gasteiger charge is -2.58. The first-order chi connectivity index (χ1) is 19.7. The number of piperidine rings is 3. The van der Waals surface area contributed by atoms with E-state index in [2.05, 4.69) is 116 Å². The summed E-state index contributed by atoms with van der Waals surface area (Å²) in [7, 11) is 0. The molecule has 2 bridgehead atoms. The SMILES string of the molecule is C=C[C@H]1C[N+]2(Cc3ccccc3)CC[C@H]1C[C@@H]2[C@@H](OCc1ccc2ccccc2c1)c1ccnc2ccccc12. The molecule has 3 aliphatic rings. The Hall–Kier alpha value is -3.79. The predicted molar refractivity (Wildman–Crippen MR) is 164 cm³/mol. The lowest BCUT2D eigenvalue weighted by Crippen LogP contribution is -2.67. The molecule has 1 aromatic heterocycles. The highest BCUT2D eigenvalue weighted by Crippen LogP contribution is 2.49. The van der Waals surface area contributed by atoms with E-state index >= 15 is 0 Å². The second-order valence-corrected chi connectivity index (χ2v) is 11.9. The van der Waals surface area contributed by atoms with Gasteiger partial charge >= 0.3 is 0 Å². The van der Waals surface area contributed by atoms with Crippen molar-refractivity contribution in [2.24, 2.45) is 11.8 Å². The largest absolute Gasteiger partial charge is 0.363 e. The van der Waals surface area contributed by atoms with Gasteiger partial charge in [0.25, 0.3) is 0 Å². The van der Waals surface area contributed by atoms with Crippen molar-refractivity contribution in [1.82, 2.24) is 4.98 Å². The average Bonchev–Trinajstić information content (AvgIpc) is 3.02. The average molecular weight is 526 g/mol. The topological polar surface area (TPSA) is 22.1 Å². The molecule has 5 aromatic rings. The van der Waals surface area contributed by atoms with E-state index in [-0.39, 0.29) is 6.10 Å². The Labute approximate surface area is 237 Å². The van der Waals surface area contributed by atoms with Crippen LogP contribution in [0.5, 0.6) is 0 Å². The molecule has 0 amide bonds. The molecule has 5 atom stereocenters. The number of nitrogens with zero attached hydrogens (tertiary/aromatic N) is 2. The van der Waals surface area contributed by atoms with Gasteiger partial charge in [-0.3, -0.25) is 4.98 Å². The molecule has 0 aliphatic carbocycles. The number of hydrogen-bond acceptors (Lipinski definition) is 2. The van der Waals surface area contributed by atoms with Crippen molar-refractivity contribution in [3.8, 4) is 0 Å². The Bertz CT molecular complexity index is 1640. The van der Waals surface area contributed by atoms with Gasteiger partial charge in [-0.15, -0.1) is 6.58 Å². The van der Waals surface area contributed by atoms with Crippen molar-refractivity contribution < 1.29 is 9.22 Å². The molecule has 0 N–H and O–H groups in total. The Morgan fingerprint density at radius 3 is 2.55 bits per heavy atom. The third kappa shape index (κ3) is 4.64. The van der Waals surface area contributed by atoms with Gasteiger partial charge in [0, 0.05) is 35.9 Å². The Kier molecular flexibility index (Phi) is 6.71. The monoisotopic (exact) mass is 525 g/mol. The smallest absolute Gasteiger partial charge is 0.135 e. The van der Waals surface area contributed by atoms with Gasteiger partial charge in [-0.25, -0.2) is 0 Å². The number of quaternary nitrogens is 1.